The number of hydrogen-bond acceptors (Lipinski definition) is 17. The van der Waals surface area contributed by atoms with E-state index in [1.165, 1.54) is 0 Å². The van der Waals surface area contributed by atoms with Gasteiger partial charge in [-0.05, 0) is 24.7 Å². The highest BCUT2D eigenvalue weighted by Gasteiger charge is 2.35. The van der Waals surface area contributed by atoms with Crippen LogP contribution in [0.4, 0.5) is 17.8 Å². The number of aliphatic hydroxyl groups excluding tert-OH is 1. The van der Waals surface area contributed by atoms with E-state index >= 15 is 0 Å². The molecule has 5 rings (SSSR count). The van der Waals surface area contributed by atoms with E-state index in [0.717, 1.165) is 12.1 Å². The molecule has 352 valence electrons. The molecule has 64 heavy (non-hydrogen) atoms. The van der Waals surface area contributed by atoms with Crippen molar-refractivity contribution in [1.82, 2.24) is 54.7 Å². The lowest BCUT2D eigenvalue weighted by atomic mass is 9.97. The summed E-state index contributed by atoms with van der Waals surface area (Å²) in [7, 11) is 0. The minimum Gasteiger partial charge on any atom is -0.396 e. The van der Waals surface area contributed by atoms with Crippen LogP contribution in [-0.4, -0.2) is 189 Å². The molecule has 2 aliphatic rings. The van der Waals surface area contributed by atoms with E-state index in [1.54, 1.807) is 15.6 Å². The smallest absolute Gasteiger partial charge is 0.247 e. The van der Waals surface area contributed by atoms with Gasteiger partial charge in [-0.15, -0.1) is 16.6 Å². The van der Waals surface area contributed by atoms with Crippen LogP contribution in [0.1, 0.15) is 64.0 Å². The topological polar surface area (TPSA) is 272 Å². The number of piperazine rings is 2. The predicted molar refractivity (Wildman–Crippen MR) is 239 cm³/mol. The third kappa shape index (κ3) is 14.4. The van der Waals surface area contributed by atoms with Gasteiger partial charge in [0.05, 0.1) is 44.4 Å². The minimum atomic E-state index is -0.527. The number of terminal acetylenes is 1. The van der Waals surface area contributed by atoms with Gasteiger partial charge in [0.25, 0.3) is 0 Å². The molecule has 0 bridgehead atoms. The molecular formula is C41H67N17O6. The first-order chi connectivity index (χ1) is 31.0. The molecule has 0 unspecified atom stereocenters. The summed E-state index contributed by atoms with van der Waals surface area (Å²) in [5.41, 5.74) is 12.3. The maximum absolute atomic E-state index is 14.2. The molecule has 3 aromatic heterocycles. The van der Waals surface area contributed by atoms with Crippen molar-refractivity contribution in [2.24, 2.45) is 28.3 Å². The molecule has 2 aliphatic heterocycles. The van der Waals surface area contributed by atoms with Gasteiger partial charge >= 0.3 is 0 Å². The largest absolute Gasteiger partial charge is 0.396 e. The Labute approximate surface area is 375 Å². The van der Waals surface area contributed by atoms with Gasteiger partial charge in [0.2, 0.25) is 29.7 Å². The molecule has 23 heteroatoms. The zero-order valence-electron chi connectivity index (χ0n) is 37.8. The fourth-order valence-corrected chi connectivity index (χ4v) is 7.40. The number of hydrogen-bond donors (Lipinski definition) is 4. The van der Waals surface area contributed by atoms with Gasteiger partial charge in [-0.3, -0.25) is 14.6 Å². The zero-order chi connectivity index (χ0) is 45.8. The first kappa shape index (κ1) is 49.3. The Kier molecular flexibility index (Phi) is 19.7. The van der Waals surface area contributed by atoms with Crippen molar-refractivity contribution in [2.45, 2.75) is 65.5 Å². The average molecular weight is 894 g/mol. The summed E-state index contributed by atoms with van der Waals surface area (Å²) in [4.78, 5) is 54.6. The van der Waals surface area contributed by atoms with E-state index in [9.17, 15) is 14.7 Å². The molecule has 0 radical (unpaired) electrons. The maximum atomic E-state index is 14.2. The lowest BCUT2D eigenvalue weighted by Crippen LogP contribution is -2.52. The number of aryl methyl sites for hydroxylation is 1. The van der Waals surface area contributed by atoms with E-state index in [4.69, 9.17) is 47.1 Å². The summed E-state index contributed by atoms with van der Waals surface area (Å²) in [6, 6.07) is -1.03. The Bertz CT molecular complexity index is 1950. The Morgan fingerprint density at radius 3 is 1.86 bits per heavy atom. The molecule has 0 saturated carbocycles. The van der Waals surface area contributed by atoms with Crippen molar-refractivity contribution >= 4 is 35.6 Å². The molecule has 6 N–H and O–H groups in total. The number of carbonyl (C=O) groups is 2. The van der Waals surface area contributed by atoms with Gasteiger partial charge in [-0.25, -0.2) is 9.36 Å². The first-order valence-electron chi connectivity index (χ1n) is 22.2. The van der Waals surface area contributed by atoms with Gasteiger partial charge in [0.1, 0.15) is 18.7 Å². The highest BCUT2D eigenvalue weighted by molar-refractivity contribution is 5.81. The van der Waals surface area contributed by atoms with Gasteiger partial charge in [0, 0.05) is 90.9 Å². The lowest BCUT2D eigenvalue weighted by Gasteiger charge is -2.38. The lowest BCUT2D eigenvalue weighted by molar-refractivity contribution is -0.137. The van der Waals surface area contributed by atoms with Gasteiger partial charge in [-0.2, -0.15) is 15.0 Å². The number of ether oxygens (including phenoxy) is 3. The van der Waals surface area contributed by atoms with Crippen LogP contribution in [-0.2, 0) is 36.6 Å². The standard InChI is InChI=1S/C41H67N17O6/c1-6-22-62-24-26-64-27-25-63-23-12-45-39-46-40(55-17-13-53(14-18-55)36(60)34(30(3)4)57-29-33(10-21-59)50-51-57)48-41(47-39)56-19-15-54(16-20-56)37(61)35(31(5)7-2)58-28-32(49-52-58)9-8-11-44-38(42)43/h1,28-31,34-35,59H,7-27H2,2-5H3,(H4,42,43,44)(H,45,46,47,48)/t31-,34+,35-/m0/s1. The van der Waals surface area contributed by atoms with Crippen LogP contribution in [0.5, 0.6) is 0 Å². The van der Waals surface area contributed by atoms with Crippen LogP contribution >= 0.6 is 0 Å². The van der Waals surface area contributed by atoms with E-state index < -0.39 is 12.1 Å². The number of aliphatic imine (C=N–C) groups is 1. The number of nitrogens with zero attached hydrogens (tertiary/aromatic N) is 14. The molecule has 0 aromatic carbocycles. The van der Waals surface area contributed by atoms with Crippen LogP contribution < -0.4 is 26.6 Å². The predicted octanol–water partition coefficient (Wildman–Crippen LogP) is -0.628. The van der Waals surface area contributed by atoms with E-state index in [1.807, 2.05) is 29.8 Å². The summed E-state index contributed by atoms with van der Waals surface area (Å²) >= 11 is 0. The summed E-state index contributed by atoms with van der Waals surface area (Å²) in [6.07, 6.45) is 11.3. The molecule has 5 heterocycles. The highest BCUT2D eigenvalue weighted by Crippen LogP contribution is 2.26. The number of rotatable bonds is 26. The molecule has 2 saturated heterocycles. The molecular weight excluding hydrogens is 827 g/mol. The second-order valence-electron chi connectivity index (χ2n) is 16.1. The van der Waals surface area contributed by atoms with Crippen molar-refractivity contribution in [3.8, 4) is 12.3 Å². The number of nitrogens with two attached hydrogens (primary N) is 2. The van der Waals surface area contributed by atoms with Crippen LogP contribution in [0.15, 0.2) is 17.4 Å². The molecule has 2 amide bonds. The second-order valence-corrected chi connectivity index (χ2v) is 16.1. The van der Waals surface area contributed by atoms with E-state index in [0.29, 0.717) is 141 Å². The number of aromatic nitrogens is 9. The Morgan fingerprint density at radius 2 is 1.33 bits per heavy atom. The molecule has 3 aromatic rings. The minimum absolute atomic E-state index is 0.00572. The molecule has 0 aliphatic carbocycles. The number of nitrogens with one attached hydrogen (secondary N) is 1. The summed E-state index contributed by atoms with van der Waals surface area (Å²) in [5, 5.41) is 29.7. The Balaban J connectivity index is 1.23. The van der Waals surface area contributed by atoms with Gasteiger partial charge < -0.3 is 55.7 Å². The number of carbonyl (C=O) groups excluding carboxylic acids is 2. The molecule has 2 fully saturated rings. The number of aliphatic hydroxyl groups is 1. The highest BCUT2D eigenvalue weighted by atomic mass is 16.5. The summed E-state index contributed by atoms with van der Waals surface area (Å²) in [5.74, 6) is 3.79. The average Bonchev–Trinajstić information content (AvgIpc) is 3.96. The van der Waals surface area contributed by atoms with Crippen LogP contribution in [0, 0.1) is 24.2 Å². The SMILES string of the molecule is C#CCOCCOCCOCCNc1nc(N2CCN(C(=O)[C@H]([C@@H](C)CC)n3cc(CCCN=C(N)N)nn3)CC2)nc(N2CCN(C(=O)[C@@H](C(C)C)n3cc(CCO)nn3)CC2)n1. The van der Waals surface area contributed by atoms with Crippen LogP contribution in [0.2, 0.25) is 0 Å². The van der Waals surface area contributed by atoms with Crippen LogP contribution in [0.25, 0.3) is 0 Å². The quantitative estimate of drug-likeness (QED) is 0.0338. The number of guanidine groups is 1. The maximum Gasteiger partial charge on any atom is 0.247 e. The van der Waals surface area contributed by atoms with Gasteiger partial charge in [0.15, 0.2) is 5.96 Å². The zero-order valence-corrected chi connectivity index (χ0v) is 37.8. The van der Waals surface area contributed by atoms with Crippen molar-refractivity contribution in [3.63, 3.8) is 0 Å². The monoisotopic (exact) mass is 894 g/mol. The Hall–Kier alpha value is -5.70. The second kappa shape index (κ2) is 25.6. The van der Waals surface area contributed by atoms with Crippen molar-refractivity contribution in [2.75, 3.05) is 127 Å². The normalized spacial score (nSPS) is 15.8. The third-order valence-corrected chi connectivity index (χ3v) is 11.1. The summed E-state index contributed by atoms with van der Waals surface area (Å²) < 4.78 is 19.8. The fraction of sp³-hybridized carbons (Fsp3) is 0.707. The third-order valence-electron chi connectivity index (χ3n) is 11.1. The molecule has 0 spiro atoms. The van der Waals surface area contributed by atoms with E-state index in [2.05, 4.69) is 60.5 Å². The van der Waals surface area contributed by atoms with Gasteiger partial charge in [-0.1, -0.05) is 50.5 Å². The molecule has 23 nitrogen and oxygen atoms in total. The number of amides is 2. The van der Waals surface area contributed by atoms with Crippen molar-refractivity contribution in [1.29, 1.82) is 0 Å². The summed E-state index contributed by atoms with van der Waals surface area (Å²) in [6.45, 7) is 15.2. The van der Waals surface area contributed by atoms with Crippen molar-refractivity contribution in [3.05, 3.63) is 23.8 Å². The number of anilines is 3. The van der Waals surface area contributed by atoms with E-state index in [-0.39, 0.29) is 42.8 Å². The molecule has 3 atom stereocenters. The first-order valence-corrected chi connectivity index (χ1v) is 22.2. The van der Waals surface area contributed by atoms with Crippen molar-refractivity contribution < 1.29 is 28.9 Å². The Morgan fingerprint density at radius 1 is 0.797 bits per heavy atom. The van der Waals surface area contributed by atoms with Crippen LogP contribution in [0.3, 0.4) is 0 Å². The fourth-order valence-electron chi connectivity index (χ4n) is 7.40.